The van der Waals surface area contributed by atoms with E-state index in [1.807, 2.05) is 0 Å². The van der Waals surface area contributed by atoms with Crippen LogP contribution >= 0.6 is 0 Å². The van der Waals surface area contributed by atoms with Gasteiger partial charge < -0.3 is 20.1 Å². The largest absolute Gasteiger partial charge is 0.506 e. The molecule has 6 nitrogen and oxygen atoms in total. The van der Waals surface area contributed by atoms with Crippen molar-refractivity contribution in [1.29, 1.82) is 0 Å². The number of aryl methyl sites for hydroxylation is 1. The van der Waals surface area contributed by atoms with Crippen LogP contribution in [0.5, 0.6) is 5.75 Å². The van der Waals surface area contributed by atoms with Gasteiger partial charge in [-0.05, 0) is 13.3 Å². The van der Waals surface area contributed by atoms with Crippen molar-refractivity contribution in [2.24, 2.45) is 0 Å². The van der Waals surface area contributed by atoms with Crippen LogP contribution in [0.1, 0.15) is 68.6 Å². The Hall–Kier alpha value is -1.66. The third-order valence-electron chi connectivity index (χ3n) is 3.50. The second-order valence-electron chi connectivity index (χ2n) is 5.30. The van der Waals surface area contributed by atoms with Crippen molar-refractivity contribution in [2.75, 3.05) is 0 Å². The summed E-state index contributed by atoms with van der Waals surface area (Å²) in [6, 6.07) is 0. The molecular weight excluding hydrogens is 286 g/mol. The fraction of sp³-hybridized carbons (Fsp3) is 0.625. The highest BCUT2D eigenvalue weighted by molar-refractivity contribution is 5.69. The lowest BCUT2D eigenvalue weighted by Gasteiger charge is -2.17. The first-order valence-electron chi connectivity index (χ1n) is 7.67. The van der Waals surface area contributed by atoms with E-state index in [2.05, 4.69) is 11.9 Å². The van der Waals surface area contributed by atoms with Gasteiger partial charge >= 0.3 is 5.97 Å². The van der Waals surface area contributed by atoms with Gasteiger partial charge in [0.25, 0.3) is 0 Å². The zero-order chi connectivity index (χ0) is 16.5. The Bertz CT molecular complexity index is 490. The van der Waals surface area contributed by atoms with Gasteiger partial charge in [-0.1, -0.05) is 32.6 Å². The maximum absolute atomic E-state index is 11.7. The predicted molar refractivity (Wildman–Crippen MR) is 81.0 cm³/mol. The molecule has 22 heavy (non-hydrogen) atoms. The summed E-state index contributed by atoms with van der Waals surface area (Å²) in [6.45, 7) is 3.26. The molecule has 0 amide bonds. The van der Waals surface area contributed by atoms with Crippen LogP contribution in [-0.4, -0.2) is 26.3 Å². The monoisotopic (exact) mass is 311 g/mol. The molecule has 1 heterocycles. The van der Waals surface area contributed by atoms with Crippen molar-refractivity contribution in [3.8, 4) is 5.75 Å². The SMILES string of the molecule is CCCCCCCC(=O)OC(O)c1c(CO)cnc(C)c1O. The average molecular weight is 311 g/mol. The third kappa shape index (κ3) is 5.27. The number of ether oxygens (including phenoxy) is 1. The van der Waals surface area contributed by atoms with Gasteiger partial charge in [-0.15, -0.1) is 0 Å². The van der Waals surface area contributed by atoms with Crippen LogP contribution < -0.4 is 0 Å². The first-order chi connectivity index (χ1) is 10.5. The lowest BCUT2D eigenvalue weighted by Crippen LogP contribution is -2.13. The normalized spacial score (nSPS) is 12.2. The minimum atomic E-state index is -1.60. The summed E-state index contributed by atoms with van der Waals surface area (Å²) in [5.41, 5.74) is 0.516. The van der Waals surface area contributed by atoms with Gasteiger partial charge in [0.2, 0.25) is 6.29 Å². The van der Waals surface area contributed by atoms with Crippen molar-refractivity contribution in [3.05, 3.63) is 23.0 Å². The molecule has 0 aliphatic rings. The standard InChI is InChI=1S/C16H25NO5/c1-3-4-5-6-7-8-13(19)22-16(21)14-12(10-18)9-17-11(2)15(14)20/h9,16,18,20-21H,3-8,10H2,1-2H3. The van der Waals surface area contributed by atoms with Crippen molar-refractivity contribution in [1.82, 2.24) is 4.98 Å². The Morgan fingerprint density at radius 3 is 2.64 bits per heavy atom. The molecule has 3 N–H and O–H groups in total. The molecular formula is C16H25NO5. The fourth-order valence-electron chi connectivity index (χ4n) is 2.17. The van der Waals surface area contributed by atoms with Crippen molar-refractivity contribution in [2.45, 2.75) is 65.3 Å². The summed E-state index contributed by atoms with van der Waals surface area (Å²) in [7, 11) is 0. The molecule has 0 aliphatic carbocycles. The van der Waals surface area contributed by atoms with E-state index >= 15 is 0 Å². The number of hydrogen-bond acceptors (Lipinski definition) is 6. The second-order valence-corrected chi connectivity index (χ2v) is 5.30. The number of hydrogen-bond donors (Lipinski definition) is 3. The van der Waals surface area contributed by atoms with Gasteiger partial charge in [0.05, 0.1) is 17.9 Å². The number of rotatable bonds is 9. The average Bonchev–Trinajstić information content (AvgIpc) is 2.49. The molecule has 0 spiro atoms. The minimum absolute atomic E-state index is 0.00525. The first-order valence-corrected chi connectivity index (χ1v) is 7.67. The van der Waals surface area contributed by atoms with Crippen molar-refractivity contribution >= 4 is 5.97 Å². The minimum Gasteiger partial charge on any atom is -0.506 e. The molecule has 0 fully saturated rings. The molecule has 1 atom stereocenters. The number of aliphatic hydroxyl groups excluding tert-OH is 2. The van der Waals surface area contributed by atoms with Gasteiger partial charge in [0.1, 0.15) is 5.75 Å². The van der Waals surface area contributed by atoms with Crippen LogP contribution in [0.4, 0.5) is 0 Å². The second kappa shape index (κ2) is 9.38. The number of aromatic hydroxyl groups is 1. The van der Waals surface area contributed by atoms with Crippen LogP contribution in [0.25, 0.3) is 0 Å². The lowest BCUT2D eigenvalue weighted by molar-refractivity contribution is -0.169. The third-order valence-corrected chi connectivity index (χ3v) is 3.50. The molecule has 124 valence electrons. The van der Waals surface area contributed by atoms with E-state index in [9.17, 15) is 20.1 Å². The lowest BCUT2D eigenvalue weighted by atomic mass is 10.1. The molecule has 1 aromatic rings. The number of esters is 1. The van der Waals surface area contributed by atoms with Gasteiger partial charge in [-0.2, -0.15) is 0 Å². The molecule has 0 saturated carbocycles. The molecule has 0 radical (unpaired) electrons. The summed E-state index contributed by atoms with van der Waals surface area (Å²) in [6.07, 6.45) is 4.96. The Morgan fingerprint density at radius 1 is 1.32 bits per heavy atom. The Balaban J connectivity index is 2.59. The van der Waals surface area contributed by atoms with Crippen LogP contribution in [0, 0.1) is 6.92 Å². The fourth-order valence-corrected chi connectivity index (χ4v) is 2.17. The van der Waals surface area contributed by atoms with Gasteiger partial charge in [0, 0.05) is 18.2 Å². The van der Waals surface area contributed by atoms with Crippen molar-refractivity contribution in [3.63, 3.8) is 0 Å². The van der Waals surface area contributed by atoms with E-state index in [0.29, 0.717) is 12.1 Å². The van der Waals surface area contributed by atoms with E-state index in [1.54, 1.807) is 6.92 Å². The van der Waals surface area contributed by atoms with Crippen LogP contribution in [-0.2, 0) is 16.1 Å². The number of carbonyl (C=O) groups is 1. The predicted octanol–water partition coefficient (Wildman–Crippen LogP) is 2.48. The number of carbonyl (C=O) groups excluding carboxylic acids is 1. The van der Waals surface area contributed by atoms with E-state index in [4.69, 9.17) is 4.74 Å². The Morgan fingerprint density at radius 2 is 2.00 bits per heavy atom. The highest BCUT2D eigenvalue weighted by atomic mass is 16.6. The summed E-state index contributed by atoms with van der Waals surface area (Å²) >= 11 is 0. The van der Waals surface area contributed by atoms with Gasteiger partial charge in [-0.25, -0.2) is 0 Å². The molecule has 1 aromatic heterocycles. The van der Waals surface area contributed by atoms with E-state index in [-0.39, 0.29) is 23.3 Å². The molecule has 1 rings (SSSR count). The number of aromatic nitrogens is 1. The summed E-state index contributed by atoms with van der Waals surface area (Å²) in [5.74, 6) is -0.795. The summed E-state index contributed by atoms with van der Waals surface area (Å²) < 4.78 is 4.94. The molecule has 6 heteroatoms. The van der Waals surface area contributed by atoms with Crippen LogP contribution in [0.3, 0.4) is 0 Å². The summed E-state index contributed by atoms with van der Waals surface area (Å²) in [4.78, 5) is 15.6. The van der Waals surface area contributed by atoms with Gasteiger partial charge in [0.15, 0.2) is 0 Å². The van der Waals surface area contributed by atoms with Crippen LogP contribution in [0.2, 0.25) is 0 Å². The molecule has 0 bridgehead atoms. The smallest absolute Gasteiger partial charge is 0.308 e. The first kappa shape index (κ1) is 18.4. The van der Waals surface area contributed by atoms with Crippen LogP contribution in [0.15, 0.2) is 6.20 Å². The molecule has 0 aromatic carbocycles. The number of pyridine rings is 1. The Labute approximate surface area is 130 Å². The highest BCUT2D eigenvalue weighted by Gasteiger charge is 2.22. The van der Waals surface area contributed by atoms with Gasteiger partial charge in [-0.3, -0.25) is 9.78 Å². The zero-order valence-corrected chi connectivity index (χ0v) is 13.2. The number of nitrogens with zero attached hydrogens (tertiary/aromatic N) is 1. The maximum atomic E-state index is 11.7. The molecule has 1 unspecified atom stereocenters. The zero-order valence-electron chi connectivity index (χ0n) is 13.2. The molecule has 0 saturated heterocycles. The highest BCUT2D eigenvalue weighted by Crippen LogP contribution is 2.30. The topological polar surface area (TPSA) is 99.9 Å². The number of unbranched alkanes of at least 4 members (excludes halogenated alkanes) is 4. The van der Waals surface area contributed by atoms with E-state index in [1.165, 1.54) is 6.20 Å². The summed E-state index contributed by atoms with van der Waals surface area (Å²) in [5, 5.41) is 29.2. The van der Waals surface area contributed by atoms with E-state index in [0.717, 1.165) is 25.7 Å². The molecule has 0 aliphatic heterocycles. The Kier molecular flexibility index (Phi) is 7.84. The number of aliphatic hydroxyl groups is 2. The quantitative estimate of drug-likeness (QED) is 0.368. The maximum Gasteiger partial charge on any atom is 0.308 e. The van der Waals surface area contributed by atoms with E-state index < -0.39 is 18.9 Å². The van der Waals surface area contributed by atoms with Crippen molar-refractivity contribution < 1.29 is 24.9 Å².